The van der Waals surface area contributed by atoms with Gasteiger partial charge in [-0.15, -0.1) is 0 Å². The van der Waals surface area contributed by atoms with Crippen molar-refractivity contribution in [2.45, 2.75) is 60.9 Å². The number of aliphatic hydroxyl groups is 1. The fourth-order valence-electron chi connectivity index (χ4n) is 5.22. The van der Waals surface area contributed by atoms with E-state index in [2.05, 4.69) is 19.7 Å². The van der Waals surface area contributed by atoms with Crippen LogP contribution in [0.1, 0.15) is 38.5 Å². The molecule has 0 atom stereocenters. The van der Waals surface area contributed by atoms with Gasteiger partial charge in [-0.3, -0.25) is 0 Å². The Morgan fingerprint density at radius 2 is 0.950 bits per heavy atom. The minimum atomic E-state index is -0.830. The molecule has 4 aliphatic carbocycles. The van der Waals surface area contributed by atoms with Crippen LogP contribution in [0.4, 0.5) is 0 Å². The highest BCUT2D eigenvalue weighted by atomic mass is 16.5. The van der Waals surface area contributed by atoms with Gasteiger partial charge in [-0.1, -0.05) is 19.7 Å². The van der Waals surface area contributed by atoms with E-state index in [4.69, 9.17) is 14.2 Å². The van der Waals surface area contributed by atoms with Gasteiger partial charge in [0.2, 0.25) is 0 Å². The molecule has 0 heterocycles. The van der Waals surface area contributed by atoms with Crippen LogP contribution >= 0.6 is 0 Å². The Hall–Kier alpha value is -1.42. The van der Waals surface area contributed by atoms with Crippen molar-refractivity contribution in [1.29, 1.82) is 0 Å². The molecule has 0 unspecified atom stereocenters. The number of hydrogen-bond donors (Lipinski definition) is 1. The second-order valence-corrected chi connectivity index (χ2v) is 6.69. The molecule has 0 aromatic carbocycles. The molecule has 0 radical (unpaired) electrons. The summed E-state index contributed by atoms with van der Waals surface area (Å²) in [7, 11) is 0. The third-order valence-electron chi connectivity index (χ3n) is 4.89. The third-order valence-corrected chi connectivity index (χ3v) is 4.89. The highest BCUT2D eigenvalue weighted by Crippen LogP contribution is 2.64. The van der Waals surface area contributed by atoms with E-state index in [0.29, 0.717) is 19.3 Å². The Kier molecular flexibility index (Phi) is 2.74. The van der Waals surface area contributed by atoms with Crippen LogP contribution in [0.25, 0.3) is 0 Å². The normalized spacial score (nSPS) is 48.5. The summed E-state index contributed by atoms with van der Waals surface area (Å²) in [6, 6.07) is 0. The maximum atomic E-state index is 10.9. The quantitative estimate of drug-likeness (QED) is 0.759. The molecule has 4 rings (SSSR count). The van der Waals surface area contributed by atoms with Crippen LogP contribution in [-0.4, -0.2) is 27.5 Å². The molecule has 1 N–H and O–H groups in total. The smallest absolute Gasteiger partial charge is 0.118 e. The zero-order chi connectivity index (χ0) is 14.5. The highest BCUT2D eigenvalue weighted by Gasteiger charge is 2.71. The fourth-order valence-corrected chi connectivity index (χ4v) is 5.22. The van der Waals surface area contributed by atoms with Crippen molar-refractivity contribution in [1.82, 2.24) is 0 Å². The Bertz CT molecular complexity index is 383. The molecule has 0 aromatic rings. The molecule has 0 saturated heterocycles. The van der Waals surface area contributed by atoms with Crippen molar-refractivity contribution in [2.75, 3.05) is 0 Å². The first-order valence-electron chi connectivity index (χ1n) is 7.01. The predicted octanol–water partition coefficient (Wildman–Crippen LogP) is 2.80. The van der Waals surface area contributed by atoms with Gasteiger partial charge < -0.3 is 19.3 Å². The summed E-state index contributed by atoms with van der Waals surface area (Å²) in [5.41, 5.74) is -2.25. The van der Waals surface area contributed by atoms with Crippen LogP contribution in [0.2, 0.25) is 0 Å². The average Bonchev–Trinajstić information content (AvgIpc) is 2.24. The van der Waals surface area contributed by atoms with Gasteiger partial charge >= 0.3 is 0 Å². The van der Waals surface area contributed by atoms with Crippen molar-refractivity contribution in [2.24, 2.45) is 0 Å². The molecule has 0 amide bonds. The summed E-state index contributed by atoms with van der Waals surface area (Å²) in [4.78, 5) is 0. The zero-order valence-corrected chi connectivity index (χ0v) is 11.8. The van der Waals surface area contributed by atoms with Crippen LogP contribution in [0.5, 0.6) is 0 Å². The minimum absolute atomic E-state index is 0.475. The molecule has 4 fully saturated rings. The van der Waals surface area contributed by atoms with Gasteiger partial charge in [0.15, 0.2) is 0 Å². The molecule has 110 valence electrons. The van der Waals surface area contributed by atoms with Crippen LogP contribution in [0, 0.1) is 0 Å². The van der Waals surface area contributed by atoms with Crippen molar-refractivity contribution in [3.63, 3.8) is 0 Å². The van der Waals surface area contributed by atoms with E-state index in [-0.39, 0.29) is 0 Å². The Balaban J connectivity index is 2.04. The number of hydrogen-bond acceptors (Lipinski definition) is 4. The van der Waals surface area contributed by atoms with Gasteiger partial charge in [0.25, 0.3) is 0 Å². The summed E-state index contributed by atoms with van der Waals surface area (Å²) in [5.74, 6) is 0. The van der Waals surface area contributed by atoms with E-state index in [1.807, 2.05) is 0 Å². The average molecular weight is 278 g/mol. The van der Waals surface area contributed by atoms with E-state index < -0.39 is 22.4 Å². The molecule has 4 nitrogen and oxygen atoms in total. The molecule has 4 bridgehead atoms. The monoisotopic (exact) mass is 278 g/mol. The zero-order valence-electron chi connectivity index (χ0n) is 11.8. The fraction of sp³-hybridized carbons (Fsp3) is 0.625. The lowest BCUT2D eigenvalue weighted by atomic mass is 9.48. The van der Waals surface area contributed by atoms with Crippen molar-refractivity contribution in [3.8, 4) is 0 Å². The van der Waals surface area contributed by atoms with E-state index in [0.717, 1.165) is 19.3 Å². The predicted molar refractivity (Wildman–Crippen MR) is 74.7 cm³/mol. The lowest BCUT2D eigenvalue weighted by molar-refractivity contribution is -0.300. The van der Waals surface area contributed by atoms with Crippen molar-refractivity contribution < 1.29 is 19.3 Å². The topological polar surface area (TPSA) is 47.9 Å². The van der Waals surface area contributed by atoms with Gasteiger partial charge in [-0.2, -0.15) is 0 Å². The standard InChI is InChI=1S/C16H22O4/c1-4-18-14-7-13(17)8-15(10-14,19-5-2)12-16(9-13,11-14)20-6-3/h4-6,17H,1-3,7-12H2. The van der Waals surface area contributed by atoms with Crippen LogP contribution in [-0.2, 0) is 14.2 Å². The lowest BCUT2D eigenvalue weighted by Gasteiger charge is -2.66. The minimum Gasteiger partial charge on any atom is -0.495 e. The van der Waals surface area contributed by atoms with Crippen LogP contribution in [0.15, 0.2) is 38.5 Å². The van der Waals surface area contributed by atoms with Crippen LogP contribution < -0.4 is 0 Å². The molecule has 4 heteroatoms. The summed E-state index contributed by atoms with van der Waals surface area (Å²) < 4.78 is 17.5. The van der Waals surface area contributed by atoms with E-state index >= 15 is 0 Å². The highest BCUT2D eigenvalue weighted by molar-refractivity contribution is 5.23. The van der Waals surface area contributed by atoms with Crippen LogP contribution in [0.3, 0.4) is 0 Å². The first-order chi connectivity index (χ1) is 9.42. The Morgan fingerprint density at radius 3 is 1.20 bits per heavy atom. The second-order valence-electron chi connectivity index (χ2n) is 6.69. The largest absolute Gasteiger partial charge is 0.495 e. The summed E-state index contributed by atoms with van der Waals surface area (Å²) in [6.45, 7) is 11.0. The van der Waals surface area contributed by atoms with E-state index in [1.54, 1.807) is 0 Å². The molecule has 4 saturated carbocycles. The van der Waals surface area contributed by atoms with Gasteiger partial charge in [0, 0.05) is 38.5 Å². The van der Waals surface area contributed by atoms with E-state index in [9.17, 15) is 5.11 Å². The summed E-state index contributed by atoms with van der Waals surface area (Å²) in [5, 5.41) is 10.9. The first kappa shape index (κ1) is 13.6. The molecule has 0 spiro atoms. The second kappa shape index (κ2) is 4.04. The Labute approximate surface area is 119 Å². The lowest BCUT2D eigenvalue weighted by Crippen LogP contribution is -2.72. The van der Waals surface area contributed by atoms with Gasteiger partial charge in [-0.05, 0) is 0 Å². The van der Waals surface area contributed by atoms with E-state index in [1.165, 1.54) is 18.8 Å². The molecular formula is C16H22O4. The molecule has 4 aliphatic rings. The molecule has 0 aliphatic heterocycles. The molecule has 20 heavy (non-hydrogen) atoms. The summed E-state index contributed by atoms with van der Waals surface area (Å²) in [6.07, 6.45) is 8.33. The Morgan fingerprint density at radius 1 is 0.650 bits per heavy atom. The van der Waals surface area contributed by atoms with Crippen molar-refractivity contribution in [3.05, 3.63) is 38.5 Å². The maximum absolute atomic E-state index is 10.9. The van der Waals surface area contributed by atoms with Gasteiger partial charge in [0.1, 0.15) is 16.8 Å². The number of rotatable bonds is 6. The molecule has 0 aromatic heterocycles. The summed E-state index contributed by atoms with van der Waals surface area (Å²) >= 11 is 0. The maximum Gasteiger partial charge on any atom is 0.118 e. The first-order valence-corrected chi connectivity index (χ1v) is 7.01. The van der Waals surface area contributed by atoms with Gasteiger partial charge in [-0.25, -0.2) is 0 Å². The SMILES string of the molecule is C=COC12CC3(O)CC(OC=C)(C1)CC(OC=C)(C3)C2. The number of ether oxygens (including phenoxy) is 3. The van der Waals surface area contributed by atoms with Crippen molar-refractivity contribution >= 4 is 0 Å². The third kappa shape index (κ3) is 1.85. The van der Waals surface area contributed by atoms with Gasteiger partial charge in [0.05, 0.1) is 24.4 Å². The molecular weight excluding hydrogens is 256 g/mol.